The van der Waals surface area contributed by atoms with Crippen LogP contribution in [0.25, 0.3) is 34.1 Å². The van der Waals surface area contributed by atoms with Crippen molar-refractivity contribution in [1.29, 1.82) is 0 Å². The Balaban J connectivity index is 0.000000182. The fraction of sp³-hybridized carbons (Fsp3) is 0.188. The number of hydrogen-bond donors (Lipinski definition) is 3. The van der Waals surface area contributed by atoms with Crippen LogP contribution in [0.4, 0.5) is 9.59 Å². The normalized spacial score (nSPS) is 16.2. The van der Waals surface area contributed by atoms with E-state index in [-0.39, 0.29) is 35.2 Å². The van der Waals surface area contributed by atoms with E-state index in [1.807, 2.05) is 18.2 Å². The summed E-state index contributed by atoms with van der Waals surface area (Å²) in [6.45, 7) is 2.13. The van der Waals surface area contributed by atoms with Gasteiger partial charge in [-0.1, -0.05) is 12.1 Å². The maximum atomic E-state index is 11.6. The van der Waals surface area contributed by atoms with Gasteiger partial charge in [0.25, 0.3) is 22.3 Å². The van der Waals surface area contributed by atoms with Gasteiger partial charge in [-0.05, 0) is 102 Å². The number of carbonyl (C=O) groups is 6. The molecule has 46 heavy (non-hydrogen) atoms. The van der Waals surface area contributed by atoms with Crippen molar-refractivity contribution in [2.75, 3.05) is 6.61 Å². The van der Waals surface area contributed by atoms with Crippen LogP contribution in [0, 0.1) is 0 Å². The molecule has 236 valence electrons. The van der Waals surface area contributed by atoms with Crippen LogP contribution >= 0.6 is 23.5 Å². The predicted molar refractivity (Wildman–Crippen MR) is 172 cm³/mol. The van der Waals surface area contributed by atoms with Crippen molar-refractivity contribution < 1.29 is 47.4 Å². The average molecular weight is 663 g/mol. The van der Waals surface area contributed by atoms with Gasteiger partial charge in [-0.25, -0.2) is 0 Å². The van der Waals surface area contributed by atoms with Gasteiger partial charge in [0.05, 0.1) is 28.9 Å². The molecule has 6 rings (SSSR count). The van der Waals surface area contributed by atoms with Crippen LogP contribution in [-0.4, -0.2) is 45.9 Å². The summed E-state index contributed by atoms with van der Waals surface area (Å²) >= 11 is 1.73. The number of benzene rings is 2. The van der Waals surface area contributed by atoms with Crippen molar-refractivity contribution in [2.24, 2.45) is 0 Å². The van der Waals surface area contributed by atoms with Gasteiger partial charge in [-0.2, -0.15) is 0 Å². The molecule has 2 aliphatic heterocycles. The zero-order valence-electron chi connectivity index (χ0n) is 24.2. The molecule has 2 aromatic heterocycles. The molecular weight excluding hydrogens is 636 g/mol. The number of carbonyl (C=O) groups excluding carboxylic acids is 5. The van der Waals surface area contributed by atoms with E-state index in [2.05, 4.69) is 10.6 Å². The van der Waals surface area contributed by atoms with Gasteiger partial charge in [0.1, 0.15) is 11.2 Å². The number of rotatable bonds is 9. The number of carboxylic acids is 1. The minimum atomic E-state index is -0.870. The highest BCUT2D eigenvalue weighted by atomic mass is 32.2. The zero-order chi connectivity index (χ0) is 32.8. The minimum Gasteiger partial charge on any atom is -0.481 e. The van der Waals surface area contributed by atoms with Gasteiger partial charge in [0.2, 0.25) is 0 Å². The van der Waals surface area contributed by atoms with Crippen molar-refractivity contribution >= 4 is 91.8 Å². The molecule has 0 unspecified atom stereocenters. The van der Waals surface area contributed by atoms with Crippen LogP contribution in [0.15, 0.2) is 67.6 Å². The Morgan fingerprint density at radius 1 is 0.783 bits per heavy atom. The lowest BCUT2D eigenvalue weighted by Gasteiger charge is -2.01. The molecule has 0 saturated carbocycles. The predicted octanol–water partition coefficient (Wildman–Crippen LogP) is 6.03. The van der Waals surface area contributed by atoms with Crippen molar-refractivity contribution in [3.63, 3.8) is 0 Å². The SMILES string of the molecule is CCOC(=O)CCc1coc2ccc(C=C3SC(=O)NC3=O)cc12.O=C(O)CCc1coc2ccc(C=C3SC(=O)NC3=O)cc12. The largest absolute Gasteiger partial charge is 0.481 e. The number of carboxylic acid groups (broad SMARTS) is 1. The van der Waals surface area contributed by atoms with Gasteiger partial charge < -0.3 is 18.7 Å². The number of ether oxygens (including phenoxy) is 1. The average Bonchev–Trinajstić information content (AvgIpc) is 3.77. The highest BCUT2D eigenvalue weighted by molar-refractivity contribution is 8.18. The molecule has 2 fully saturated rings. The van der Waals surface area contributed by atoms with Crippen LogP contribution in [0.3, 0.4) is 0 Å². The van der Waals surface area contributed by atoms with E-state index in [0.29, 0.717) is 40.4 Å². The summed E-state index contributed by atoms with van der Waals surface area (Å²) < 4.78 is 15.8. The van der Waals surface area contributed by atoms with Gasteiger partial charge in [0.15, 0.2) is 0 Å². The number of aliphatic carboxylic acids is 1. The Hall–Kier alpha value is -5.08. The number of nitrogens with one attached hydrogen (secondary N) is 2. The van der Waals surface area contributed by atoms with Gasteiger partial charge in [-0.15, -0.1) is 0 Å². The number of thioether (sulfide) groups is 2. The number of fused-ring (bicyclic) bond motifs is 2. The standard InChI is InChI=1S/C17H15NO5S.C15H11NO5S/c1-2-22-15(19)6-4-11-9-23-13-5-3-10(7-12(11)13)8-14-16(20)18-17(21)24-14;17-13(18)4-2-9-7-21-11-3-1-8(5-10(9)11)6-12-14(19)16-15(20)22-12/h3,5,7-9H,2,4,6H2,1H3,(H,18,20,21);1,3,5-7H,2,4H2,(H,17,18)(H,16,19,20). The summed E-state index contributed by atoms with van der Waals surface area (Å²) in [5.41, 5.74) is 4.60. The van der Waals surface area contributed by atoms with E-state index < -0.39 is 11.9 Å². The molecule has 0 atom stereocenters. The third-order valence-electron chi connectivity index (χ3n) is 6.75. The molecule has 2 aromatic carbocycles. The zero-order valence-corrected chi connectivity index (χ0v) is 25.9. The van der Waals surface area contributed by atoms with Crippen molar-refractivity contribution in [3.05, 3.63) is 81.0 Å². The van der Waals surface area contributed by atoms with Crippen molar-refractivity contribution in [1.82, 2.24) is 10.6 Å². The van der Waals surface area contributed by atoms with E-state index in [1.165, 1.54) is 0 Å². The van der Waals surface area contributed by atoms with E-state index in [9.17, 15) is 28.8 Å². The molecule has 4 heterocycles. The Morgan fingerprint density at radius 2 is 1.26 bits per heavy atom. The monoisotopic (exact) mass is 662 g/mol. The van der Waals surface area contributed by atoms with Gasteiger partial charge in [-0.3, -0.25) is 39.4 Å². The summed E-state index contributed by atoms with van der Waals surface area (Å²) in [6.07, 6.45) is 7.64. The fourth-order valence-corrected chi connectivity index (χ4v) is 5.99. The third-order valence-corrected chi connectivity index (χ3v) is 8.37. The van der Waals surface area contributed by atoms with E-state index >= 15 is 0 Å². The van der Waals surface area contributed by atoms with Crippen LogP contribution in [0.1, 0.15) is 42.0 Å². The lowest BCUT2D eigenvalue weighted by atomic mass is 10.1. The quantitative estimate of drug-likeness (QED) is 0.140. The summed E-state index contributed by atoms with van der Waals surface area (Å²) in [5, 5.41) is 14.1. The van der Waals surface area contributed by atoms with Crippen molar-refractivity contribution in [3.8, 4) is 0 Å². The molecule has 2 aliphatic rings. The first kappa shape index (κ1) is 32.3. The molecule has 0 radical (unpaired) electrons. The summed E-state index contributed by atoms with van der Waals surface area (Å²) in [5.74, 6) is -1.92. The maximum absolute atomic E-state index is 11.6. The fourth-order valence-electron chi connectivity index (χ4n) is 4.62. The Kier molecular flexibility index (Phi) is 10.1. The topological polar surface area (TPSA) is 182 Å². The van der Waals surface area contributed by atoms with Gasteiger partial charge >= 0.3 is 11.9 Å². The van der Waals surface area contributed by atoms with Crippen LogP contribution in [0.5, 0.6) is 0 Å². The summed E-state index contributed by atoms with van der Waals surface area (Å²) in [6, 6.07) is 10.8. The smallest absolute Gasteiger partial charge is 0.306 e. The molecule has 3 N–H and O–H groups in total. The van der Waals surface area contributed by atoms with Crippen LogP contribution in [-0.2, 0) is 36.8 Å². The first-order valence-electron chi connectivity index (χ1n) is 14.0. The number of aryl methyl sites for hydroxylation is 2. The van der Waals surface area contributed by atoms with Crippen LogP contribution < -0.4 is 10.6 Å². The molecule has 14 heteroatoms. The highest BCUT2D eigenvalue weighted by Gasteiger charge is 2.26. The lowest BCUT2D eigenvalue weighted by molar-refractivity contribution is -0.143. The van der Waals surface area contributed by atoms with Gasteiger partial charge in [0, 0.05) is 23.6 Å². The maximum Gasteiger partial charge on any atom is 0.306 e. The minimum absolute atomic E-state index is 0.0205. The molecule has 12 nitrogen and oxygen atoms in total. The van der Waals surface area contributed by atoms with E-state index in [0.717, 1.165) is 56.6 Å². The summed E-state index contributed by atoms with van der Waals surface area (Å²) in [7, 11) is 0. The number of hydrogen-bond acceptors (Lipinski definition) is 11. The number of imide groups is 2. The molecule has 4 amide bonds. The molecule has 2 saturated heterocycles. The number of amides is 4. The molecule has 4 aromatic rings. The first-order valence-corrected chi connectivity index (χ1v) is 15.6. The molecule has 0 aliphatic carbocycles. The van der Waals surface area contributed by atoms with E-state index in [4.69, 9.17) is 18.7 Å². The van der Waals surface area contributed by atoms with E-state index in [1.54, 1.807) is 49.8 Å². The third kappa shape index (κ3) is 7.95. The highest BCUT2D eigenvalue weighted by Crippen LogP contribution is 2.30. The Labute approximate surface area is 269 Å². The Bertz CT molecular complexity index is 1950. The molecular formula is C32H26N2O10S2. The second-order valence-electron chi connectivity index (χ2n) is 9.94. The molecule has 0 bridgehead atoms. The summed E-state index contributed by atoms with van der Waals surface area (Å²) in [4.78, 5) is 68.4. The number of furan rings is 2. The lowest BCUT2D eigenvalue weighted by Crippen LogP contribution is -2.17. The van der Waals surface area contributed by atoms with Crippen molar-refractivity contribution in [2.45, 2.75) is 32.6 Å². The Morgan fingerprint density at radius 3 is 1.67 bits per heavy atom. The van der Waals surface area contributed by atoms with Crippen LogP contribution in [0.2, 0.25) is 0 Å². The number of esters is 1. The first-order chi connectivity index (χ1) is 22.1. The second-order valence-corrected chi connectivity index (χ2v) is 12.0. The second kappa shape index (κ2) is 14.3. The molecule has 0 spiro atoms.